The van der Waals surface area contributed by atoms with Crippen LogP contribution >= 0.6 is 11.8 Å². The number of rotatable bonds is 5. The number of nitrogens with one attached hydrogen (secondary N) is 1. The lowest BCUT2D eigenvalue weighted by Crippen LogP contribution is -2.44. The fourth-order valence-electron chi connectivity index (χ4n) is 2.15. The molecule has 0 aliphatic heterocycles. The Hall–Kier alpha value is -0.220. The fraction of sp³-hybridized carbons (Fsp3) is 0.909. The van der Waals surface area contributed by atoms with Crippen molar-refractivity contribution in [3.63, 3.8) is 0 Å². The highest BCUT2D eigenvalue weighted by atomic mass is 32.2. The van der Waals surface area contributed by atoms with Crippen molar-refractivity contribution in [3.8, 4) is 0 Å². The Labute approximate surface area is 96.6 Å². The van der Waals surface area contributed by atoms with Gasteiger partial charge in [0.05, 0.1) is 0 Å². The summed E-state index contributed by atoms with van der Waals surface area (Å²) in [5.41, 5.74) is 5.71. The minimum absolute atomic E-state index is 0.190. The minimum atomic E-state index is 0.190. The third kappa shape index (κ3) is 4.43. The van der Waals surface area contributed by atoms with E-state index in [2.05, 4.69) is 5.32 Å². The molecule has 4 heteroatoms. The quantitative estimate of drug-likeness (QED) is 0.750. The molecule has 0 spiro atoms. The van der Waals surface area contributed by atoms with Crippen LogP contribution in [0.3, 0.4) is 0 Å². The number of hydrogen-bond donors (Lipinski definition) is 2. The van der Waals surface area contributed by atoms with E-state index in [0.29, 0.717) is 24.9 Å². The SMILES string of the molecule is CSCCC(=O)NC1CCCCC1CN. The first-order valence-corrected chi connectivity index (χ1v) is 7.15. The molecule has 0 saturated heterocycles. The molecule has 1 fully saturated rings. The van der Waals surface area contributed by atoms with E-state index in [1.54, 1.807) is 11.8 Å². The smallest absolute Gasteiger partial charge is 0.221 e. The van der Waals surface area contributed by atoms with Gasteiger partial charge in [0.15, 0.2) is 0 Å². The molecule has 1 rings (SSSR count). The van der Waals surface area contributed by atoms with Crippen LogP contribution in [-0.2, 0) is 4.79 Å². The van der Waals surface area contributed by atoms with Gasteiger partial charge in [-0.2, -0.15) is 11.8 Å². The van der Waals surface area contributed by atoms with Crippen molar-refractivity contribution in [2.45, 2.75) is 38.1 Å². The van der Waals surface area contributed by atoms with Crippen LogP contribution in [0.5, 0.6) is 0 Å². The number of hydrogen-bond acceptors (Lipinski definition) is 3. The zero-order valence-corrected chi connectivity index (χ0v) is 10.3. The Morgan fingerprint density at radius 1 is 1.47 bits per heavy atom. The Morgan fingerprint density at radius 2 is 2.20 bits per heavy atom. The van der Waals surface area contributed by atoms with Crippen molar-refractivity contribution in [2.75, 3.05) is 18.6 Å². The predicted molar refractivity (Wildman–Crippen MR) is 65.9 cm³/mol. The van der Waals surface area contributed by atoms with E-state index < -0.39 is 0 Å². The number of amides is 1. The minimum Gasteiger partial charge on any atom is -0.353 e. The monoisotopic (exact) mass is 230 g/mol. The molecule has 0 bridgehead atoms. The van der Waals surface area contributed by atoms with Gasteiger partial charge in [-0.1, -0.05) is 12.8 Å². The maximum absolute atomic E-state index is 11.6. The molecule has 3 nitrogen and oxygen atoms in total. The normalized spacial score (nSPS) is 26.3. The van der Waals surface area contributed by atoms with Crippen molar-refractivity contribution >= 4 is 17.7 Å². The van der Waals surface area contributed by atoms with E-state index in [4.69, 9.17) is 5.73 Å². The third-order valence-electron chi connectivity index (χ3n) is 3.09. The van der Waals surface area contributed by atoms with Gasteiger partial charge in [0.1, 0.15) is 0 Å². The van der Waals surface area contributed by atoms with Crippen molar-refractivity contribution < 1.29 is 4.79 Å². The molecule has 88 valence electrons. The number of thioether (sulfide) groups is 1. The molecule has 2 atom stereocenters. The average molecular weight is 230 g/mol. The lowest BCUT2D eigenvalue weighted by molar-refractivity contribution is -0.121. The zero-order valence-electron chi connectivity index (χ0n) is 9.50. The summed E-state index contributed by atoms with van der Waals surface area (Å²) in [5, 5.41) is 3.12. The van der Waals surface area contributed by atoms with E-state index in [-0.39, 0.29) is 5.91 Å². The molecule has 1 aliphatic rings. The first-order valence-electron chi connectivity index (χ1n) is 5.76. The van der Waals surface area contributed by atoms with E-state index >= 15 is 0 Å². The molecule has 1 aliphatic carbocycles. The standard InChI is InChI=1S/C11H22N2OS/c1-15-7-6-11(14)13-10-5-3-2-4-9(10)8-12/h9-10H,2-8,12H2,1H3,(H,13,14). The second kappa shape index (κ2) is 7.12. The first-order chi connectivity index (χ1) is 7.27. The number of carbonyl (C=O) groups is 1. The summed E-state index contributed by atoms with van der Waals surface area (Å²) in [7, 11) is 0. The molecule has 0 aromatic heterocycles. The van der Waals surface area contributed by atoms with Crippen molar-refractivity contribution in [1.29, 1.82) is 0 Å². The molecule has 0 aromatic rings. The Kier molecular flexibility index (Phi) is 6.10. The van der Waals surface area contributed by atoms with Gasteiger partial charge >= 0.3 is 0 Å². The molecular formula is C11H22N2OS. The van der Waals surface area contributed by atoms with E-state index in [1.165, 1.54) is 19.3 Å². The molecule has 0 heterocycles. The van der Waals surface area contributed by atoms with Crippen molar-refractivity contribution in [2.24, 2.45) is 11.7 Å². The lowest BCUT2D eigenvalue weighted by Gasteiger charge is -2.31. The fourth-order valence-corrected chi connectivity index (χ4v) is 2.54. The predicted octanol–water partition coefficient (Wildman–Crippen LogP) is 1.37. The molecule has 2 unspecified atom stereocenters. The van der Waals surface area contributed by atoms with Gasteiger partial charge in [-0.15, -0.1) is 0 Å². The second-order valence-corrected chi connectivity index (χ2v) is 5.18. The highest BCUT2D eigenvalue weighted by Gasteiger charge is 2.24. The van der Waals surface area contributed by atoms with Crippen LogP contribution in [-0.4, -0.2) is 30.5 Å². The van der Waals surface area contributed by atoms with Gasteiger partial charge in [0.25, 0.3) is 0 Å². The molecule has 0 radical (unpaired) electrons. The molecule has 3 N–H and O–H groups in total. The summed E-state index contributed by atoms with van der Waals surface area (Å²) >= 11 is 1.71. The Balaban J connectivity index is 2.30. The van der Waals surface area contributed by atoms with Gasteiger partial charge in [0.2, 0.25) is 5.91 Å². The van der Waals surface area contributed by atoms with Gasteiger partial charge in [-0.05, 0) is 31.6 Å². The largest absolute Gasteiger partial charge is 0.353 e. The number of nitrogens with two attached hydrogens (primary N) is 1. The summed E-state index contributed by atoms with van der Waals surface area (Å²) in [4.78, 5) is 11.6. The molecule has 1 amide bonds. The summed E-state index contributed by atoms with van der Waals surface area (Å²) in [6.45, 7) is 0.702. The van der Waals surface area contributed by atoms with Crippen LogP contribution in [0.15, 0.2) is 0 Å². The van der Waals surface area contributed by atoms with E-state index in [0.717, 1.165) is 12.2 Å². The van der Waals surface area contributed by atoms with Crippen molar-refractivity contribution in [3.05, 3.63) is 0 Å². The van der Waals surface area contributed by atoms with Gasteiger partial charge < -0.3 is 11.1 Å². The average Bonchev–Trinajstić information content (AvgIpc) is 2.27. The van der Waals surface area contributed by atoms with Crippen LogP contribution in [0, 0.1) is 5.92 Å². The number of carbonyl (C=O) groups excluding carboxylic acids is 1. The molecule has 0 aromatic carbocycles. The summed E-state index contributed by atoms with van der Waals surface area (Å²) in [5.74, 6) is 1.60. The maximum Gasteiger partial charge on any atom is 0.221 e. The molecule has 1 saturated carbocycles. The zero-order chi connectivity index (χ0) is 11.1. The van der Waals surface area contributed by atoms with Crippen LogP contribution in [0.25, 0.3) is 0 Å². The topological polar surface area (TPSA) is 55.1 Å². The summed E-state index contributed by atoms with van der Waals surface area (Å²) < 4.78 is 0. The van der Waals surface area contributed by atoms with Crippen LogP contribution in [0.2, 0.25) is 0 Å². The highest BCUT2D eigenvalue weighted by molar-refractivity contribution is 7.98. The lowest BCUT2D eigenvalue weighted by atomic mass is 9.84. The summed E-state index contributed by atoms with van der Waals surface area (Å²) in [6.07, 6.45) is 7.42. The van der Waals surface area contributed by atoms with Gasteiger partial charge in [0, 0.05) is 18.2 Å². The van der Waals surface area contributed by atoms with Crippen LogP contribution in [0.1, 0.15) is 32.1 Å². The van der Waals surface area contributed by atoms with E-state index in [1.807, 2.05) is 6.26 Å². The maximum atomic E-state index is 11.6. The molecular weight excluding hydrogens is 208 g/mol. The third-order valence-corrected chi connectivity index (χ3v) is 3.70. The van der Waals surface area contributed by atoms with E-state index in [9.17, 15) is 4.79 Å². The van der Waals surface area contributed by atoms with Crippen molar-refractivity contribution in [1.82, 2.24) is 5.32 Å². The Morgan fingerprint density at radius 3 is 2.87 bits per heavy atom. The molecule has 15 heavy (non-hydrogen) atoms. The first kappa shape index (κ1) is 12.8. The van der Waals surface area contributed by atoms with Gasteiger partial charge in [-0.3, -0.25) is 4.79 Å². The second-order valence-electron chi connectivity index (χ2n) is 4.20. The summed E-state index contributed by atoms with van der Waals surface area (Å²) in [6, 6.07) is 0.332. The highest BCUT2D eigenvalue weighted by Crippen LogP contribution is 2.23. The van der Waals surface area contributed by atoms with Crippen LogP contribution < -0.4 is 11.1 Å². The Bertz CT molecular complexity index is 199. The van der Waals surface area contributed by atoms with Gasteiger partial charge in [-0.25, -0.2) is 0 Å². The van der Waals surface area contributed by atoms with Crippen LogP contribution in [0.4, 0.5) is 0 Å².